The number of nitrogens with zero attached hydrogens (tertiary/aromatic N) is 1. The van der Waals surface area contributed by atoms with Crippen LogP contribution in [0.3, 0.4) is 0 Å². The first-order valence-corrected chi connectivity index (χ1v) is 6.75. The van der Waals surface area contributed by atoms with Gasteiger partial charge in [-0.05, 0) is 37.6 Å². The highest BCUT2D eigenvalue weighted by Gasteiger charge is 2.12. The van der Waals surface area contributed by atoms with Crippen molar-refractivity contribution in [2.45, 2.75) is 19.9 Å². The number of pyridine rings is 1. The number of aromatic nitrogens is 1. The van der Waals surface area contributed by atoms with Gasteiger partial charge < -0.3 is 10.1 Å². The number of carbonyl (C=O) groups excluding carboxylic acids is 1. The van der Waals surface area contributed by atoms with Crippen LogP contribution in [0.25, 0.3) is 0 Å². The summed E-state index contributed by atoms with van der Waals surface area (Å²) >= 11 is 0. The first kappa shape index (κ1) is 15.0. The molecule has 1 aromatic heterocycles. The maximum absolute atomic E-state index is 13.0. The number of halogens is 1. The number of rotatable bonds is 5. The minimum atomic E-state index is -0.670. The number of nitrogens with one attached hydrogen (secondary N) is 1. The molecule has 4 nitrogen and oxygen atoms in total. The van der Waals surface area contributed by atoms with E-state index in [-0.39, 0.29) is 17.5 Å². The molecule has 0 aliphatic carbocycles. The highest BCUT2D eigenvalue weighted by Crippen LogP contribution is 2.18. The summed E-state index contributed by atoms with van der Waals surface area (Å²) < 4.78 is 18.4. The number of ether oxygens (including phenoxy) is 1. The Morgan fingerprint density at radius 3 is 2.67 bits per heavy atom. The molecule has 21 heavy (non-hydrogen) atoms. The van der Waals surface area contributed by atoms with Gasteiger partial charge in [0.15, 0.2) is 0 Å². The van der Waals surface area contributed by atoms with Crippen molar-refractivity contribution in [1.29, 1.82) is 0 Å². The molecule has 2 aromatic rings. The molecule has 0 spiro atoms. The summed E-state index contributed by atoms with van der Waals surface area (Å²) in [4.78, 5) is 15.4. The first-order valence-electron chi connectivity index (χ1n) is 6.75. The van der Waals surface area contributed by atoms with E-state index in [9.17, 15) is 9.18 Å². The van der Waals surface area contributed by atoms with Crippen LogP contribution in [0.1, 0.15) is 35.8 Å². The molecule has 0 saturated heterocycles. The summed E-state index contributed by atoms with van der Waals surface area (Å²) in [6.45, 7) is 4.40. The topological polar surface area (TPSA) is 51.2 Å². The van der Waals surface area contributed by atoms with Crippen molar-refractivity contribution in [2.24, 2.45) is 0 Å². The second-order valence-electron chi connectivity index (χ2n) is 4.56. The van der Waals surface area contributed by atoms with Crippen molar-refractivity contribution in [1.82, 2.24) is 10.3 Å². The molecule has 0 radical (unpaired) electrons. The van der Waals surface area contributed by atoms with Crippen LogP contribution in [0.15, 0.2) is 42.6 Å². The van der Waals surface area contributed by atoms with Gasteiger partial charge in [-0.15, -0.1) is 0 Å². The maximum Gasteiger partial charge on any atom is 0.251 e. The van der Waals surface area contributed by atoms with Gasteiger partial charge in [-0.2, -0.15) is 4.39 Å². The Bertz CT molecular complexity index is 614. The molecule has 0 saturated carbocycles. The Kier molecular flexibility index (Phi) is 4.87. The summed E-state index contributed by atoms with van der Waals surface area (Å²) in [6.07, 6.45) is 1.27. The van der Waals surface area contributed by atoms with Crippen molar-refractivity contribution in [2.75, 3.05) is 6.61 Å². The number of carbonyl (C=O) groups is 1. The van der Waals surface area contributed by atoms with Crippen molar-refractivity contribution in [3.8, 4) is 5.75 Å². The summed E-state index contributed by atoms with van der Waals surface area (Å²) in [5.41, 5.74) is 1.20. The smallest absolute Gasteiger partial charge is 0.251 e. The lowest BCUT2D eigenvalue weighted by molar-refractivity contribution is 0.0939. The van der Waals surface area contributed by atoms with E-state index in [2.05, 4.69) is 10.3 Å². The van der Waals surface area contributed by atoms with Crippen LogP contribution in [0.2, 0.25) is 0 Å². The molecule has 0 bridgehead atoms. The molecule has 1 unspecified atom stereocenters. The van der Waals surface area contributed by atoms with Gasteiger partial charge in [0.2, 0.25) is 5.95 Å². The number of benzene rings is 1. The van der Waals surface area contributed by atoms with Crippen LogP contribution >= 0.6 is 0 Å². The van der Waals surface area contributed by atoms with Gasteiger partial charge >= 0.3 is 0 Å². The summed E-state index contributed by atoms with van der Waals surface area (Å²) in [5.74, 6) is -0.218. The highest BCUT2D eigenvalue weighted by molar-refractivity contribution is 5.94. The van der Waals surface area contributed by atoms with Crippen molar-refractivity contribution < 1.29 is 13.9 Å². The van der Waals surface area contributed by atoms with E-state index in [0.29, 0.717) is 6.61 Å². The Hall–Kier alpha value is -2.43. The molecule has 1 N–H and O–H groups in total. The second kappa shape index (κ2) is 6.83. The SMILES string of the molecule is CCOc1ccc(C(C)NC(=O)c2ccnc(F)c2)cc1. The van der Waals surface area contributed by atoms with Crippen molar-refractivity contribution >= 4 is 5.91 Å². The zero-order chi connectivity index (χ0) is 15.2. The molecule has 0 aliphatic heterocycles. The molecule has 5 heteroatoms. The predicted molar refractivity (Wildman–Crippen MR) is 77.7 cm³/mol. The van der Waals surface area contributed by atoms with Crippen molar-refractivity contribution in [3.63, 3.8) is 0 Å². The molecule has 2 rings (SSSR count). The fraction of sp³-hybridized carbons (Fsp3) is 0.250. The maximum atomic E-state index is 13.0. The van der Waals surface area contributed by atoms with Crippen molar-refractivity contribution in [3.05, 3.63) is 59.7 Å². The normalized spacial score (nSPS) is 11.8. The largest absolute Gasteiger partial charge is 0.494 e. The lowest BCUT2D eigenvalue weighted by atomic mass is 10.1. The average molecular weight is 288 g/mol. The highest BCUT2D eigenvalue weighted by atomic mass is 19.1. The molecule has 1 atom stereocenters. The first-order chi connectivity index (χ1) is 10.1. The summed E-state index contributed by atoms with van der Waals surface area (Å²) in [6, 6.07) is 9.89. The zero-order valence-corrected chi connectivity index (χ0v) is 12.0. The van der Waals surface area contributed by atoms with Crippen LogP contribution in [0.5, 0.6) is 5.75 Å². The van der Waals surface area contributed by atoms with Crippen LogP contribution in [0, 0.1) is 5.95 Å². The molecular weight excluding hydrogens is 271 g/mol. The molecular formula is C16H17FN2O2. The number of hydrogen-bond acceptors (Lipinski definition) is 3. The summed E-state index contributed by atoms with van der Waals surface area (Å²) in [7, 11) is 0. The second-order valence-corrected chi connectivity index (χ2v) is 4.56. The van der Waals surface area contributed by atoms with Gasteiger partial charge in [0, 0.05) is 17.8 Å². The van der Waals surface area contributed by atoms with Gasteiger partial charge in [0.05, 0.1) is 12.6 Å². The fourth-order valence-corrected chi connectivity index (χ4v) is 1.93. The molecule has 0 aliphatic rings. The molecule has 110 valence electrons. The van der Waals surface area contributed by atoms with Crippen LogP contribution < -0.4 is 10.1 Å². The van der Waals surface area contributed by atoms with Gasteiger partial charge in [0.25, 0.3) is 5.91 Å². The van der Waals surface area contributed by atoms with Crippen LogP contribution in [-0.4, -0.2) is 17.5 Å². The van der Waals surface area contributed by atoms with Crippen LogP contribution in [-0.2, 0) is 0 Å². The van der Waals surface area contributed by atoms with E-state index in [0.717, 1.165) is 17.4 Å². The molecule has 0 fully saturated rings. The number of hydrogen-bond donors (Lipinski definition) is 1. The Morgan fingerprint density at radius 1 is 1.33 bits per heavy atom. The number of amides is 1. The Balaban J connectivity index is 2.03. The minimum absolute atomic E-state index is 0.190. The van der Waals surface area contributed by atoms with E-state index in [1.807, 2.05) is 38.1 Å². The van der Waals surface area contributed by atoms with Gasteiger partial charge in [-0.3, -0.25) is 4.79 Å². The standard InChI is InChI=1S/C16H17FN2O2/c1-3-21-14-6-4-12(5-7-14)11(2)19-16(20)13-8-9-18-15(17)10-13/h4-11H,3H2,1-2H3,(H,19,20). The molecule has 1 aromatic carbocycles. The lowest BCUT2D eigenvalue weighted by Crippen LogP contribution is -2.26. The summed E-state index contributed by atoms with van der Waals surface area (Å²) in [5, 5.41) is 2.82. The quantitative estimate of drug-likeness (QED) is 0.860. The van der Waals surface area contributed by atoms with Crippen LogP contribution in [0.4, 0.5) is 4.39 Å². The van der Waals surface area contributed by atoms with Gasteiger partial charge in [-0.1, -0.05) is 12.1 Å². The fourth-order valence-electron chi connectivity index (χ4n) is 1.93. The monoisotopic (exact) mass is 288 g/mol. The predicted octanol–water partition coefficient (Wildman–Crippen LogP) is 3.11. The Morgan fingerprint density at radius 2 is 2.05 bits per heavy atom. The van der Waals surface area contributed by atoms with E-state index >= 15 is 0 Å². The Labute approximate surface area is 123 Å². The van der Waals surface area contributed by atoms with Gasteiger partial charge in [0.1, 0.15) is 5.75 Å². The third-order valence-electron chi connectivity index (χ3n) is 3.03. The third kappa shape index (κ3) is 4.02. The zero-order valence-electron chi connectivity index (χ0n) is 12.0. The van der Waals surface area contributed by atoms with E-state index < -0.39 is 5.95 Å². The van der Waals surface area contributed by atoms with E-state index in [1.54, 1.807) is 0 Å². The third-order valence-corrected chi connectivity index (χ3v) is 3.03. The van der Waals surface area contributed by atoms with E-state index in [1.165, 1.54) is 12.3 Å². The average Bonchev–Trinajstić information content (AvgIpc) is 2.48. The molecule has 1 heterocycles. The van der Waals surface area contributed by atoms with Gasteiger partial charge in [-0.25, -0.2) is 4.98 Å². The minimum Gasteiger partial charge on any atom is -0.494 e. The van der Waals surface area contributed by atoms with E-state index in [4.69, 9.17) is 4.74 Å². The molecule has 1 amide bonds. The lowest BCUT2D eigenvalue weighted by Gasteiger charge is -2.15.